The number of ketones is 1. The summed E-state index contributed by atoms with van der Waals surface area (Å²) in [5.74, 6) is -2.41. The van der Waals surface area contributed by atoms with Crippen LogP contribution in [0.1, 0.15) is 0 Å². The van der Waals surface area contributed by atoms with Gasteiger partial charge in [0.15, 0.2) is 5.71 Å². The van der Waals surface area contributed by atoms with Gasteiger partial charge in [-0.05, 0) is 12.2 Å². The number of carbonyl (C=O) groups is 3. The molecule has 5 nitrogen and oxygen atoms in total. The fourth-order valence-electron chi connectivity index (χ4n) is 0.646. The lowest BCUT2D eigenvalue weighted by atomic mass is 10.2. The number of dihydropyridines is 1. The lowest BCUT2D eigenvalue weighted by Gasteiger charge is -2.00. The van der Waals surface area contributed by atoms with Gasteiger partial charge >= 0.3 is 11.9 Å². The van der Waals surface area contributed by atoms with E-state index in [4.69, 9.17) is 0 Å². The average molecular weight is 167 g/mol. The Morgan fingerprint density at radius 3 is 2.58 bits per heavy atom. The minimum absolute atomic E-state index is 0.151. The molecule has 62 valence electrons. The Balaban J connectivity index is 2.90. The van der Waals surface area contributed by atoms with Crippen LogP contribution in [0.2, 0.25) is 0 Å². The molecule has 0 N–H and O–H groups in total. The van der Waals surface area contributed by atoms with Crippen LogP contribution in [0.4, 0.5) is 0 Å². The molecule has 0 fully saturated rings. The molecule has 1 aliphatic rings. The summed E-state index contributed by atoms with van der Waals surface area (Å²) in [6.07, 6.45) is 2.14. The fourth-order valence-corrected chi connectivity index (χ4v) is 0.646. The standard InChI is InChI=1S/C7H5NO4/c1-12-7(11)4-2-3-5(9)6(10)8-4/h2-3H,1H3. The van der Waals surface area contributed by atoms with Gasteiger partial charge in [-0.2, -0.15) is 4.99 Å². The second-order valence-corrected chi connectivity index (χ2v) is 1.99. The van der Waals surface area contributed by atoms with Gasteiger partial charge in [-0.3, -0.25) is 9.59 Å². The van der Waals surface area contributed by atoms with Gasteiger partial charge in [0.1, 0.15) is 0 Å². The number of methoxy groups -OCH3 is 1. The molecule has 0 aromatic heterocycles. The zero-order valence-electron chi connectivity index (χ0n) is 6.23. The van der Waals surface area contributed by atoms with Crippen molar-refractivity contribution in [1.29, 1.82) is 0 Å². The second-order valence-electron chi connectivity index (χ2n) is 1.99. The monoisotopic (exact) mass is 167 g/mol. The van der Waals surface area contributed by atoms with E-state index in [1.54, 1.807) is 0 Å². The quantitative estimate of drug-likeness (QED) is 0.381. The van der Waals surface area contributed by atoms with Crippen molar-refractivity contribution >= 4 is 23.4 Å². The van der Waals surface area contributed by atoms with E-state index in [0.29, 0.717) is 0 Å². The van der Waals surface area contributed by atoms with Crippen LogP contribution >= 0.6 is 0 Å². The van der Waals surface area contributed by atoms with Gasteiger partial charge in [-0.1, -0.05) is 0 Å². The van der Waals surface area contributed by atoms with Crippen LogP contribution in [0, 0.1) is 0 Å². The van der Waals surface area contributed by atoms with Crippen LogP contribution in [0.25, 0.3) is 0 Å². The Hall–Kier alpha value is -1.78. The van der Waals surface area contributed by atoms with Gasteiger partial charge in [0.2, 0.25) is 5.78 Å². The Labute approximate surface area is 67.7 Å². The van der Waals surface area contributed by atoms with Crippen LogP contribution in [0.3, 0.4) is 0 Å². The van der Waals surface area contributed by atoms with Crippen LogP contribution in [0.15, 0.2) is 17.1 Å². The van der Waals surface area contributed by atoms with E-state index < -0.39 is 17.7 Å². The van der Waals surface area contributed by atoms with Crippen molar-refractivity contribution < 1.29 is 19.1 Å². The zero-order chi connectivity index (χ0) is 9.14. The number of amides is 1. The van der Waals surface area contributed by atoms with Crippen molar-refractivity contribution in [3.63, 3.8) is 0 Å². The third-order valence-electron chi connectivity index (χ3n) is 1.22. The number of esters is 1. The van der Waals surface area contributed by atoms with E-state index in [-0.39, 0.29) is 5.71 Å². The number of carbonyl (C=O) groups excluding carboxylic acids is 3. The van der Waals surface area contributed by atoms with E-state index in [1.807, 2.05) is 0 Å². The van der Waals surface area contributed by atoms with Crippen LogP contribution in [0.5, 0.6) is 0 Å². The molecule has 1 amide bonds. The van der Waals surface area contributed by atoms with Gasteiger partial charge in [-0.15, -0.1) is 0 Å². The molecule has 0 unspecified atom stereocenters. The molecule has 0 bridgehead atoms. The third-order valence-corrected chi connectivity index (χ3v) is 1.22. The SMILES string of the molecule is COC(=O)C1=NC(=O)C(=O)C=C1. The first-order valence-electron chi connectivity index (χ1n) is 3.08. The molecule has 1 heterocycles. The zero-order valence-corrected chi connectivity index (χ0v) is 6.23. The van der Waals surface area contributed by atoms with Crippen LogP contribution < -0.4 is 0 Å². The number of nitrogens with zero attached hydrogens (tertiary/aromatic N) is 1. The first-order valence-corrected chi connectivity index (χ1v) is 3.08. The molecule has 0 saturated heterocycles. The molecule has 0 aromatic carbocycles. The van der Waals surface area contributed by atoms with Gasteiger partial charge in [0, 0.05) is 0 Å². The molecule has 5 heteroatoms. The lowest BCUT2D eigenvalue weighted by molar-refractivity contribution is -0.134. The Morgan fingerprint density at radius 2 is 2.08 bits per heavy atom. The Kier molecular flexibility index (Phi) is 2.14. The molecule has 0 radical (unpaired) electrons. The van der Waals surface area contributed by atoms with Crippen molar-refractivity contribution in [2.75, 3.05) is 7.11 Å². The lowest BCUT2D eigenvalue weighted by Crippen LogP contribution is -2.22. The van der Waals surface area contributed by atoms with Crippen molar-refractivity contribution in [2.45, 2.75) is 0 Å². The van der Waals surface area contributed by atoms with Gasteiger partial charge in [-0.25, -0.2) is 4.79 Å². The van der Waals surface area contributed by atoms with E-state index in [2.05, 4.69) is 9.73 Å². The summed E-state index contributed by atoms with van der Waals surface area (Å²) in [6, 6.07) is 0. The maximum Gasteiger partial charge on any atom is 0.356 e. The molecule has 0 atom stereocenters. The van der Waals surface area contributed by atoms with Crippen LogP contribution in [-0.4, -0.2) is 30.5 Å². The maximum absolute atomic E-state index is 10.8. The normalized spacial score (nSPS) is 15.9. The van der Waals surface area contributed by atoms with E-state index in [1.165, 1.54) is 7.11 Å². The minimum Gasteiger partial charge on any atom is -0.464 e. The highest BCUT2D eigenvalue weighted by Gasteiger charge is 2.19. The minimum atomic E-state index is -0.946. The van der Waals surface area contributed by atoms with Gasteiger partial charge in [0.25, 0.3) is 0 Å². The van der Waals surface area contributed by atoms with Gasteiger partial charge in [0.05, 0.1) is 7.11 Å². The van der Waals surface area contributed by atoms with Crippen molar-refractivity contribution in [3.8, 4) is 0 Å². The predicted octanol–water partition coefficient (Wildman–Crippen LogP) is -0.734. The highest BCUT2D eigenvalue weighted by molar-refractivity contribution is 6.53. The number of rotatable bonds is 1. The summed E-state index contributed by atoms with van der Waals surface area (Å²) >= 11 is 0. The maximum atomic E-state index is 10.8. The molecular formula is C7H5NO4. The Bertz CT molecular complexity index is 313. The Morgan fingerprint density at radius 1 is 1.42 bits per heavy atom. The summed E-state index contributed by atoms with van der Waals surface area (Å²) < 4.78 is 4.29. The van der Waals surface area contributed by atoms with Crippen molar-refractivity contribution in [2.24, 2.45) is 4.99 Å². The largest absolute Gasteiger partial charge is 0.464 e. The summed E-state index contributed by atoms with van der Waals surface area (Å²) in [5.41, 5.74) is -0.151. The van der Waals surface area contributed by atoms with E-state index in [0.717, 1.165) is 12.2 Å². The third kappa shape index (κ3) is 1.45. The molecule has 0 aromatic rings. The number of aliphatic imine (C=N–C) groups is 1. The summed E-state index contributed by atoms with van der Waals surface area (Å²) in [4.78, 5) is 35.1. The summed E-state index contributed by atoms with van der Waals surface area (Å²) in [6.45, 7) is 0. The number of ether oxygens (including phenoxy) is 1. The average Bonchev–Trinajstić information content (AvgIpc) is 2.08. The second kappa shape index (κ2) is 3.08. The van der Waals surface area contributed by atoms with E-state index in [9.17, 15) is 14.4 Å². The number of hydrogen-bond acceptors (Lipinski definition) is 4. The number of hydrogen-bond donors (Lipinski definition) is 0. The van der Waals surface area contributed by atoms with E-state index >= 15 is 0 Å². The summed E-state index contributed by atoms with van der Waals surface area (Å²) in [7, 11) is 1.17. The molecule has 0 spiro atoms. The molecular weight excluding hydrogens is 162 g/mol. The highest BCUT2D eigenvalue weighted by atomic mass is 16.5. The van der Waals surface area contributed by atoms with Gasteiger partial charge < -0.3 is 4.74 Å². The topological polar surface area (TPSA) is 72.8 Å². The molecule has 1 rings (SSSR count). The fraction of sp³-hybridized carbons (Fsp3) is 0.143. The molecule has 1 aliphatic heterocycles. The molecule has 0 aliphatic carbocycles. The molecule has 0 saturated carbocycles. The first kappa shape index (κ1) is 8.32. The van der Waals surface area contributed by atoms with Crippen molar-refractivity contribution in [3.05, 3.63) is 12.2 Å². The van der Waals surface area contributed by atoms with Crippen LogP contribution in [-0.2, 0) is 19.1 Å². The van der Waals surface area contributed by atoms with Crippen molar-refractivity contribution in [1.82, 2.24) is 0 Å². The highest BCUT2D eigenvalue weighted by Crippen LogP contribution is 1.96. The first-order chi connectivity index (χ1) is 5.65. The summed E-state index contributed by atoms with van der Waals surface area (Å²) in [5, 5.41) is 0. The molecule has 12 heavy (non-hydrogen) atoms. The smallest absolute Gasteiger partial charge is 0.356 e. The predicted molar refractivity (Wildman–Crippen MR) is 38.6 cm³/mol.